The van der Waals surface area contributed by atoms with Gasteiger partial charge < -0.3 is 4.90 Å². The van der Waals surface area contributed by atoms with Gasteiger partial charge >= 0.3 is 0 Å². The summed E-state index contributed by atoms with van der Waals surface area (Å²) in [5.41, 5.74) is 0. The molecule has 0 aromatic carbocycles. The summed E-state index contributed by atoms with van der Waals surface area (Å²) in [7, 11) is -1.74. The van der Waals surface area contributed by atoms with Crippen LogP contribution in [-0.2, 0) is 15.0 Å². The number of hydrogen-bond acceptors (Lipinski definition) is 3. The van der Waals surface area contributed by atoms with Crippen molar-refractivity contribution >= 4 is 16.1 Å². The lowest BCUT2D eigenvalue weighted by molar-refractivity contribution is -0.135. The number of carbonyl (C=O) groups excluding carboxylic acids is 1. The predicted molar refractivity (Wildman–Crippen MR) is 77.0 cm³/mol. The third-order valence-electron chi connectivity index (χ3n) is 4.55. The van der Waals surface area contributed by atoms with Gasteiger partial charge in [-0.2, -0.15) is 12.7 Å². The Morgan fingerprint density at radius 3 is 2.25 bits per heavy atom. The Kier molecular flexibility index (Phi) is 5.04. The average Bonchev–Trinajstić information content (AvgIpc) is 2.90. The average molecular weight is 303 g/mol. The van der Waals surface area contributed by atoms with Crippen LogP contribution in [0.15, 0.2) is 0 Å². The Morgan fingerprint density at radius 1 is 1.20 bits per heavy atom. The quantitative estimate of drug-likeness (QED) is 0.823. The smallest absolute Gasteiger partial charge is 0.276 e. The van der Waals surface area contributed by atoms with Crippen LogP contribution >= 0.6 is 0 Å². The van der Waals surface area contributed by atoms with Crippen LogP contribution in [0.2, 0.25) is 0 Å². The third-order valence-corrected chi connectivity index (χ3v) is 5.63. The molecule has 2 N–H and O–H groups in total. The van der Waals surface area contributed by atoms with Gasteiger partial charge in [0.05, 0.1) is 0 Å². The number of amides is 1. The van der Waals surface area contributed by atoms with Crippen LogP contribution < -0.4 is 5.14 Å². The highest BCUT2D eigenvalue weighted by atomic mass is 32.2. The number of nitrogens with zero attached hydrogens (tertiary/aromatic N) is 2. The van der Waals surface area contributed by atoms with E-state index in [1.54, 1.807) is 0 Å². The minimum atomic E-state index is -3.61. The van der Waals surface area contributed by atoms with Crippen LogP contribution in [0.25, 0.3) is 0 Å². The maximum Gasteiger partial charge on any atom is 0.276 e. The molecule has 1 aliphatic carbocycles. The van der Waals surface area contributed by atoms with Gasteiger partial charge in [-0.05, 0) is 31.6 Å². The van der Waals surface area contributed by atoms with E-state index in [9.17, 15) is 13.2 Å². The first-order valence-corrected chi connectivity index (χ1v) is 8.91. The Labute approximate surface area is 121 Å². The van der Waals surface area contributed by atoms with Crippen LogP contribution in [0.3, 0.4) is 0 Å². The first kappa shape index (κ1) is 15.7. The van der Waals surface area contributed by atoms with Crippen molar-refractivity contribution in [2.75, 3.05) is 26.7 Å². The Hall–Kier alpha value is -0.660. The predicted octanol–water partition coefficient (Wildman–Crippen LogP) is 0.551. The van der Waals surface area contributed by atoms with Gasteiger partial charge in [-0.1, -0.05) is 12.8 Å². The van der Waals surface area contributed by atoms with Crippen molar-refractivity contribution in [3.05, 3.63) is 0 Å². The molecule has 0 aromatic rings. The van der Waals surface area contributed by atoms with E-state index in [1.165, 1.54) is 30.0 Å². The summed E-state index contributed by atoms with van der Waals surface area (Å²) >= 11 is 0. The highest BCUT2D eigenvalue weighted by Crippen LogP contribution is 2.26. The molecule has 0 aromatic heterocycles. The van der Waals surface area contributed by atoms with Crippen molar-refractivity contribution in [2.24, 2.45) is 17.0 Å². The molecule has 1 heterocycles. The molecule has 6 nitrogen and oxygen atoms in total. The lowest BCUT2D eigenvalue weighted by Crippen LogP contribution is -2.46. The zero-order valence-corrected chi connectivity index (χ0v) is 12.9. The monoisotopic (exact) mass is 303 g/mol. The van der Waals surface area contributed by atoms with Crippen LogP contribution in [0, 0.1) is 11.8 Å². The summed E-state index contributed by atoms with van der Waals surface area (Å²) in [4.78, 5) is 14.2. The van der Waals surface area contributed by atoms with E-state index in [0.717, 1.165) is 6.54 Å². The second-order valence-corrected chi connectivity index (χ2v) is 7.63. The zero-order chi connectivity index (χ0) is 14.8. The zero-order valence-electron chi connectivity index (χ0n) is 12.1. The van der Waals surface area contributed by atoms with Gasteiger partial charge in [0, 0.05) is 32.6 Å². The number of carbonyl (C=O) groups is 1. The van der Waals surface area contributed by atoms with Crippen LogP contribution in [0.1, 0.15) is 38.5 Å². The normalized spacial score (nSPS) is 23.1. The van der Waals surface area contributed by atoms with Crippen molar-refractivity contribution in [1.82, 2.24) is 9.21 Å². The van der Waals surface area contributed by atoms with Gasteiger partial charge in [0.1, 0.15) is 0 Å². The molecule has 20 heavy (non-hydrogen) atoms. The van der Waals surface area contributed by atoms with E-state index in [2.05, 4.69) is 0 Å². The molecule has 2 aliphatic rings. The summed E-state index contributed by atoms with van der Waals surface area (Å²) in [6.07, 6.45) is 6.15. The molecular weight excluding hydrogens is 278 g/mol. The molecule has 0 spiro atoms. The van der Waals surface area contributed by atoms with Gasteiger partial charge in [0.15, 0.2) is 0 Å². The van der Waals surface area contributed by atoms with Crippen molar-refractivity contribution in [1.29, 1.82) is 0 Å². The molecule has 1 amide bonds. The topological polar surface area (TPSA) is 83.7 Å². The molecule has 0 unspecified atom stereocenters. The molecule has 0 atom stereocenters. The summed E-state index contributed by atoms with van der Waals surface area (Å²) in [5.74, 6) is 0.749. The molecule has 116 valence electrons. The summed E-state index contributed by atoms with van der Waals surface area (Å²) in [6.45, 7) is 1.55. The first-order valence-electron chi connectivity index (χ1n) is 7.41. The highest BCUT2D eigenvalue weighted by Gasteiger charge is 2.31. The van der Waals surface area contributed by atoms with Gasteiger partial charge in [-0.15, -0.1) is 0 Å². The molecule has 2 rings (SSSR count). The van der Waals surface area contributed by atoms with Crippen molar-refractivity contribution in [3.8, 4) is 0 Å². The minimum Gasteiger partial charge on any atom is -0.345 e. The van der Waals surface area contributed by atoms with E-state index < -0.39 is 10.2 Å². The molecule has 2 fully saturated rings. The van der Waals surface area contributed by atoms with E-state index >= 15 is 0 Å². The SMILES string of the molecule is CN(CC1CCCC1)C(=O)C1CCN(S(N)(=O)=O)CC1. The largest absolute Gasteiger partial charge is 0.345 e. The molecule has 7 heteroatoms. The summed E-state index contributed by atoms with van der Waals surface area (Å²) in [5, 5.41) is 5.10. The first-order chi connectivity index (χ1) is 9.38. The van der Waals surface area contributed by atoms with Crippen LogP contribution in [0.5, 0.6) is 0 Å². The van der Waals surface area contributed by atoms with Gasteiger partial charge in [-0.25, -0.2) is 5.14 Å². The number of nitrogens with two attached hydrogens (primary N) is 1. The molecule has 1 saturated carbocycles. The number of rotatable bonds is 4. The summed E-state index contributed by atoms with van der Waals surface area (Å²) in [6, 6.07) is 0. The van der Waals surface area contributed by atoms with E-state index in [1.807, 2.05) is 11.9 Å². The molecule has 0 radical (unpaired) electrons. The third kappa shape index (κ3) is 3.93. The van der Waals surface area contributed by atoms with Crippen LogP contribution in [-0.4, -0.2) is 50.2 Å². The fourth-order valence-electron chi connectivity index (χ4n) is 3.34. The number of piperidine rings is 1. The van der Waals surface area contributed by atoms with Gasteiger partial charge in [0.2, 0.25) is 5.91 Å². The maximum atomic E-state index is 12.4. The second-order valence-electron chi connectivity index (χ2n) is 6.09. The standard InChI is InChI=1S/C13H25N3O3S/c1-15(10-11-4-2-3-5-11)13(17)12-6-8-16(9-7-12)20(14,18)19/h11-12H,2-10H2,1H3,(H2,14,18,19). The fraction of sp³-hybridized carbons (Fsp3) is 0.923. The number of hydrogen-bond donors (Lipinski definition) is 1. The van der Waals surface area contributed by atoms with E-state index in [4.69, 9.17) is 5.14 Å². The fourth-order valence-corrected chi connectivity index (χ4v) is 4.06. The maximum absolute atomic E-state index is 12.4. The lowest BCUT2D eigenvalue weighted by atomic mass is 9.96. The Bertz CT molecular complexity index is 438. The van der Waals surface area contributed by atoms with Crippen molar-refractivity contribution in [3.63, 3.8) is 0 Å². The van der Waals surface area contributed by atoms with E-state index in [-0.39, 0.29) is 11.8 Å². The molecule has 1 aliphatic heterocycles. The molecule has 1 saturated heterocycles. The van der Waals surface area contributed by atoms with Gasteiger partial charge in [0.25, 0.3) is 10.2 Å². The van der Waals surface area contributed by atoms with E-state index in [0.29, 0.717) is 31.8 Å². The van der Waals surface area contributed by atoms with Gasteiger partial charge in [-0.3, -0.25) is 4.79 Å². The minimum absolute atomic E-state index is 0.0561. The molecular formula is C13H25N3O3S. The second kappa shape index (κ2) is 6.41. The Balaban J connectivity index is 1.81. The van der Waals surface area contributed by atoms with Crippen molar-refractivity contribution < 1.29 is 13.2 Å². The lowest BCUT2D eigenvalue weighted by Gasteiger charge is -2.32. The Morgan fingerprint density at radius 2 is 1.75 bits per heavy atom. The highest BCUT2D eigenvalue weighted by molar-refractivity contribution is 7.86. The summed E-state index contributed by atoms with van der Waals surface area (Å²) < 4.78 is 23.7. The van der Waals surface area contributed by atoms with Crippen LogP contribution in [0.4, 0.5) is 0 Å². The van der Waals surface area contributed by atoms with Crippen molar-refractivity contribution in [2.45, 2.75) is 38.5 Å². The molecule has 0 bridgehead atoms.